The van der Waals surface area contributed by atoms with Crippen LogP contribution in [0.1, 0.15) is 29.4 Å². The number of morpholine rings is 1. The second-order valence-electron chi connectivity index (χ2n) is 5.78. The molecule has 5 heteroatoms. The summed E-state index contributed by atoms with van der Waals surface area (Å²) in [7, 11) is 0. The molecule has 1 aromatic heterocycles. The van der Waals surface area contributed by atoms with Crippen molar-refractivity contribution in [2.24, 2.45) is 0 Å². The molecule has 2 aromatic rings. The molecule has 1 fully saturated rings. The summed E-state index contributed by atoms with van der Waals surface area (Å²) in [4.78, 5) is 2.30. The Labute approximate surface area is 135 Å². The number of nitriles is 1. The van der Waals surface area contributed by atoms with Crippen LogP contribution in [-0.2, 0) is 11.3 Å². The van der Waals surface area contributed by atoms with Crippen LogP contribution < -0.4 is 0 Å². The van der Waals surface area contributed by atoms with Gasteiger partial charge in [0.2, 0.25) is 0 Å². The van der Waals surface area contributed by atoms with Crippen LogP contribution in [0.25, 0.3) is 0 Å². The number of nitrogens with zero attached hydrogens (tertiary/aromatic N) is 2. The first-order valence-corrected chi connectivity index (χ1v) is 7.78. The Bertz CT molecular complexity index is 663. The SMILES string of the molecule is N#Cc1cccc(CN2CCOCC2CC(O)c2ccco2)c1. The Hall–Kier alpha value is -2.13. The monoisotopic (exact) mass is 312 g/mol. The van der Waals surface area contributed by atoms with Crippen LogP contribution in [0.5, 0.6) is 0 Å². The van der Waals surface area contributed by atoms with Crippen LogP contribution in [0.2, 0.25) is 0 Å². The second-order valence-corrected chi connectivity index (χ2v) is 5.78. The van der Waals surface area contributed by atoms with Crippen LogP contribution in [0.4, 0.5) is 0 Å². The third-order valence-corrected chi connectivity index (χ3v) is 4.16. The molecule has 1 aliphatic rings. The predicted octanol–water partition coefficient (Wildman–Crippen LogP) is 2.48. The van der Waals surface area contributed by atoms with E-state index in [1.165, 1.54) is 0 Å². The average molecular weight is 312 g/mol. The third kappa shape index (κ3) is 3.99. The van der Waals surface area contributed by atoms with Gasteiger partial charge in [0.15, 0.2) is 0 Å². The highest BCUT2D eigenvalue weighted by Crippen LogP contribution is 2.24. The van der Waals surface area contributed by atoms with Crippen LogP contribution >= 0.6 is 0 Å². The largest absolute Gasteiger partial charge is 0.467 e. The molecule has 0 saturated carbocycles. The van der Waals surface area contributed by atoms with Gasteiger partial charge in [0, 0.05) is 19.1 Å². The molecule has 0 amide bonds. The molecule has 1 aliphatic heterocycles. The second kappa shape index (κ2) is 7.42. The van der Waals surface area contributed by atoms with Gasteiger partial charge in [0.1, 0.15) is 11.9 Å². The van der Waals surface area contributed by atoms with Crippen molar-refractivity contribution in [3.05, 3.63) is 59.5 Å². The van der Waals surface area contributed by atoms with E-state index >= 15 is 0 Å². The molecule has 1 saturated heterocycles. The maximum Gasteiger partial charge on any atom is 0.132 e. The highest BCUT2D eigenvalue weighted by molar-refractivity contribution is 5.32. The summed E-state index contributed by atoms with van der Waals surface area (Å²) in [5.74, 6) is 0.585. The van der Waals surface area contributed by atoms with Crippen molar-refractivity contribution in [2.45, 2.75) is 25.1 Å². The normalized spacial score (nSPS) is 20.1. The number of benzene rings is 1. The smallest absolute Gasteiger partial charge is 0.132 e. The van der Waals surface area contributed by atoms with E-state index in [0.29, 0.717) is 31.0 Å². The predicted molar refractivity (Wildman–Crippen MR) is 84.5 cm³/mol. The Morgan fingerprint density at radius 3 is 3.04 bits per heavy atom. The number of aliphatic hydroxyl groups excluding tert-OH is 1. The molecule has 2 heterocycles. The number of furan rings is 1. The number of ether oxygens (including phenoxy) is 1. The van der Waals surface area contributed by atoms with E-state index in [4.69, 9.17) is 14.4 Å². The fourth-order valence-corrected chi connectivity index (χ4v) is 2.94. The molecule has 0 aliphatic carbocycles. The zero-order valence-corrected chi connectivity index (χ0v) is 12.9. The Balaban J connectivity index is 1.67. The molecule has 3 rings (SSSR count). The van der Waals surface area contributed by atoms with Gasteiger partial charge in [-0.1, -0.05) is 12.1 Å². The fraction of sp³-hybridized carbons (Fsp3) is 0.389. The molecule has 5 nitrogen and oxygen atoms in total. The Kier molecular flexibility index (Phi) is 5.09. The maximum atomic E-state index is 10.3. The minimum Gasteiger partial charge on any atom is -0.467 e. The van der Waals surface area contributed by atoms with Crippen molar-refractivity contribution in [3.8, 4) is 6.07 Å². The van der Waals surface area contributed by atoms with Crippen LogP contribution in [-0.4, -0.2) is 35.8 Å². The van der Waals surface area contributed by atoms with Crippen molar-refractivity contribution in [1.82, 2.24) is 4.90 Å². The van der Waals surface area contributed by atoms with Crippen LogP contribution in [0.3, 0.4) is 0 Å². The van der Waals surface area contributed by atoms with Crippen molar-refractivity contribution in [2.75, 3.05) is 19.8 Å². The highest BCUT2D eigenvalue weighted by atomic mass is 16.5. The van der Waals surface area contributed by atoms with Gasteiger partial charge in [0.05, 0.1) is 31.1 Å². The quantitative estimate of drug-likeness (QED) is 0.918. The molecular weight excluding hydrogens is 292 g/mol. The molecule has 2 atom stereocenters. The molecule has 0 bridgehead atoms. The van der Waals surface area contributed by atoms with E-state index in [9.17, 15) is 5.11 Å². The van der Waals surface area contributed by atoms with Gasteiger partial charge in [0.25, 0.3) is 0 Å². The van der Waals surface area contributed by atoms with Gasteiger partial charge in [-0.25, -0.2) is 0 Å². The third-order valence-electron chi connectivity index (χ3n) is 4.16. The van der Waals surface area contributed by atoms with Crippen molar-refractivity contribution in [3.63, 3.8) is 0 Å². The lowest BCUT2D eigenvalue weighted by atomic mass is 10.0. The van der Waals surface area contributed by atoms with Gasteiger partial charge in [-0.05, 0) is 36.2 Å². The molecule has 120 valence electrons. The number of hydrogen-bond donors (Lipinski definition) is 1. The highest BCUT2D eigenvalue weighted by Gasteiger charge is 2.27. The van der Waals surface area contributed by atoms with Gasteiger partial charge in [-0.2, -0.15) is 5.26 Å². The first kappa shape index (κ1) is 15.8. The number of hydrogen-bond acceptors (Lipinski definition) is 5. The molecule has 23 heavy (non-hydrogen) atoms. The van der Waals surface area contributed by atoms with E-state index in [2.05, 4.69) is 11.0 Å². The molecule has 1 N–H and O–H groups in total. The van der Waals surface area contributed by atoms with Gasteiger partial charge < -0.3 is 14.3 Å². The average Bonchev–Trinajstić information content (AvgIpc) is 3.11. The van der Waals surface area contributed by atoms with Crippen molar-refractivity contribution < 1.29 is 14.3 Å². The summed E-state index contributed by atoms with van der Waals surface area (Å²) in [6.07, 6.45) is 1.50. The standard InChI is InChI=1S/C18H20N2O3/c19-11-14-3-1-4-15(9-14)12-20-6-8-22-13-16(20)10-17(21)18-5-2-7-23-18/h1-5,7,9,16-17,21H,6,8,10,12-13H2. The van der Waals surface area contributed by atoms with E-state index in [1.807, 2.05) is 18.2 Å². The number of aliphatic hydroxyl groups is 1. The lowest BCUT2D eigenvalue weighted by Crippen LogP contribution is -2.45. The Morgan fingerprint density at radius 2 is 2.26 bits per heavy atom. The molecule has 0 spiro atoms. The first-order chi connectivity index (χ1) is 11.3. The lowest BCUT2D eigenvalue weighted by Gasteiger charge is -2.36. The fourth-order valence-electron chi connectivity index (χ4n) is 2.94. The van der Waals surface area contributed by atoms with E-state index < -0.39 is 6.10 Å². The molecule has 0 radical (unpaired) electrons. The zero-order chi connectivity index (χ0) is 16.1. The summed E-state index contributed by atoms with van der Waals surface area (Å²) >= 11 is 0. The number of rotatable bonds is 5. The first-order valence-electron chi connectivity index (χ1n) is 7.78. The summed E-state index contributed by atoms with van der Waals surface area (Å²) in [5.41, 5.74) is 1.77. The maximum absolute atomic E-state index is 10.3. The summed E-state index contributed by atoms with van der Waals surface area (Å²) in [6, 6.07) is 13.5. The van der Waals surface area contributed by atoms with Crippen molar-refractivity contribution >= 4 is 0 Å². The van der Waals surface area contributed by atoms with E-state index in [-0.39, 0.29) is 6.04 Å². The topological polar surface area (TPSA) is 69.6 Å². The van der Waals surface area contributed by atoms with Gasteiger partial charge in [-0.3, -0.25) is 4.90 Å². The molecule has 2 unspecified atom stereocenters. The van der Waals surface area contributed by atoms with Crippen LogP contribution in [0, 0.1) is 11.3 Å². The van der Waals surface area contributed by atoms with E-state index in [1.54, 1.807) is 24.5 Å². The molecule has 1 aromatic carbocycles. The minimum atomic E-state index is -0.635. The van der Waals surface area contributed by atoms with E-state index in [0.717, 1.165) is 18.7 Å². The van der Waals surface area contributed by atoms with Crippen LogP contribution in [0.15, 0.2) is 47.1 Å². The lowest BCUT2D eigenvalue weighted by molar-refractivity contribution is -0.0323. The minimum absolute atomic E-state index is 0.120. The zero-order valence-electron chi connectivity index (χ0n) is 12.9. The van der Waals surface area contributed by atoms with Gasteiger partial charge >= 0.3 is 0 Å². The van der Waals surface area contributed by atoms with Gasteiger partial charge in [-0.15, -0.1) is 0 Å². The summed E-state index contributed by atoms with van der Waals surface area (Å²) < 4.78 is 10.9. The Morgan fingerprint density at radius 1 is 1.35 bits per heavy atom. The van der Waals surface area contributed by atoms with Crippen molar-refractivity contribution in [1.29, 1.82) is 5.26 Å². The molecular formula is C18H20N2O3. The summed E-state index contributed by atoms with van der Waals surface area (Å²) in [5, 5.41) is 19.3. The summed E-state index contributed by atoms with van der Waals surface area (Å²) in [6.45, 7) is 2.84.